The Labute approximate surface area is 126 Å². The van der Waals surface area contributed by atoms with Crippen LogP contribution >= 0.6 is 0 Å². The van der Waals surface area contributed by atoms with Crippen LogP contribution in [0.15, 0.2) is 60.0 Å². The third-order valence-electron chi connectivity index (χ3n) is 3.22. The number of phenols is 2. The van der Waals surface area contributed by atoms with Gasteiger partial charge in [0.1, 0.15) is 17.1 Å². The molecule has 0 aromatic heterocycles. The zero-order chi connectivity index (χ0) is 15.7. The highest BCUT2D eigenvalue weighted by Crippen LogP contribution is 2.33. The number of carbonyl (C=O) groups excluding carboxylic acids is 1. The van der Waals surface area contributed by atoms with Crippen molar-refractivity contribution in [3.8, 4) is 11.5 Å². The van der Waals surface area contributed by atoms with Gasteiger partial charge in [0.2, 0.25) is 0 Å². The first-order valence-electron chi connectivity index (χ1n) is 6.50. The quantitative estimate of drug-likeness (QED) is 0.742. The van der Waals surface area contributed by atoms with Gasteiger partial charge in [-0.1, -0.05) is 24.3 Å². The molecule has 0 fully saturated rings. The molecule has 3 rings (SSSR count). The maximum absolute atomic E-state index is 11.9. The Kier molecular flexibility index (Phi) is 3.31. The number of hydrogen-bond acceptors (Lipinski definition) is 5. The Morgan fingerprint density at radius 2 is 1.36 bits per heavy atom. The number of esters is 1. The number of aliphatic hydroxyl groups is 1. The lowest BCUT2D eigenvalue weighted by Gasteiger charge is -1.99. The van der Waals surface area contributed by atoms with Crippen molar-refractivity contribution in [2.45, 2.75) is 0 Å². The van der Waals surface area contributed by atoms with Crippen LogP contribution in [0.5, 0.6) is 11.5 Å². The summed E-state index contributed by atoms with van der Waals surface area (Å²) >= 11 is 0. The van der Waals surface area contributed by atoms with E-state index in [0.29, 0.717) is 11.1 Å². The van der Waals surface area contributed by atoms with Gasteiger partial charge in [-0.05, 0) is 41.5 Å². The molecule has 0 atom stereocenters. The third kappa shape index (κ3) is 2.52. The first-order valence-corrected chi connectivity index (χ1v) is 6.50. The van der Waals surface area contributed by atoms with E-state index in [1.807, 2.05) is 0 Å². The van der Waals surface area contributed by atoms with Crippen LogP contribution in [0.1, 0.15) is 11.1 Å². The molecule has 2 aromatic carbocycles. The van der Waals surface area contributed by atoms with E-state index in [2.05, 4.69) is 0 Å². The summed E-state index contributed by atoms with van der Waals surface area (Å²) in [6, 6.07) is 12.1. The lowest BCUT2D eigenvalue weighted by atomic mass is 10.0. The minimum absolute atomic E-state index is 0.0405. The summed E-state index contributed by atoms with van der Waals surface area (Å²) < 4.78 is 5.08. The average Bonchev–Trinajstić information content (AvgIpc) is 2.77. The molecule has 0 aliphatic carbocycles. The van der Waals surface area contributed by atoms with Crippen molar-refractivity contribution >= 4 is 17.6 Å². The van der Waals surface area contributed by atoms with Gasteiger partial charge in [-0.25, -0.2) is 4.79 Å². The number of hydrogen-bond donors (Lipinski definition) is 3. The van der Waals surface area contributed by atoms with Crippen LogP contribution in [0.4, 0.5) is 0 Å². The standard InChI is InChI=1S/C17H12O5/c18-12-5-1-10(2-6-12)9-14-16(20)15(17(21)22-14)11-3-7-13(19)8-4-11/h1-9,18-20H. The number of aromatic hydroxyl groups is 2. The maximum atomic E-state index is 11.9. The molecule has 0 spiro atoms. The Morgan fingerprint density at radius 3 is 1.95 bits per heavy atom. The Morgan fingerprint density at radius 1 is 0.818 bits per heavy atom. The smallest absolute Gasteiger partial charge is 0.348 e. The second-order valence-corrected chi connectivity index (χ2v) is 4.76. The first kappa shape index (κ1) is 13.8. The third-order valence-corrected chi connectivity index (χ3v) is 3.22. The van der Waals surface area contributed by atoms with E-state index in [9.17, 15) is 20.1 Å². The van der Waals surface area contributed by atoms with E-state index in [1.165, 1.54) is 42.5 Å². The van der Waals surface area contributed by atoms with Gasteiger partial charge in [0.25, 0.3) is 0 Å². The van der Waals surface area contributed by atoms with Crippen molar-refractivity contribution < 1.29 is 24.9 Å². The van der Waals surface area contributed by atoms with Crippen molar-refractivity contribution in [2.24, 2.45) is 0 Å². The second kappa shape index (κ2) is 5.29. The minimum Gasteiger partial charge on any atom is -0.508 e. The summed E-state index contributed by atoms with van der Waals surface area (Å²) in [5.74, 6) is -0.694. The SMILES string of the molecule is O=C1OC(=Cc2ccc(O)cc2)C(O)=C1c1ccc(O)cc1. The number of aliphatic hydroxyl groups excluding tert-OH is 1. The number of cyclic esters (lactones) is 1. The predicted octanol–water partition coefficient (Wildman–Crippen LogP) is 2.96. The van der Waals surface area contributed by atoms with E-state index >= 15 is 0 Å². The Balaban J connectivity index is 2.00. The van der Waals surface area contributed by atoms with E-state index < -0.39 is 5.97 Å². The highest BCUT2D eigenvalue weighted by molar-refractivity contribution is 6.20. The van der Waals surface area contributed by atoms with Crippen molar-refractivity contribution in [2.75, 3.05) is 0 Å². The predicted molar refractivity (Wildman–Crippen MR) is 79.8 cm³/mol. The van der Waals surface area contributed by atoms with E-state index in [4.69, 9.17) is 4.74 Å². The zero-order valence-electron chi connectivity index (χ0n) is 11.4. The fourth-order valence-corrected chi connectivity index (χ4v) is 2.12. The van der Waals surface area contributed by atoms with Gasteiger partial charge in [-0.15, -0.1) is 0 Å². The van der Waals surface area contributed by atoms with E-state index in [0.717, 1.165) is 0 Å². The van der Waals surface area contributed by atoms with Crippen LogP contribution in [0.3, 0.4) is 0 Å². The molecule has 1 aliphatic rings. The van der Waals surface area contributed by atoms with Gasteiger partial charge in [-0.3, -0.25) is 0 Å². The summed E-state index contributed by atoms with van der Waals surface area (Å²) in [6.45, 7) is 0. The minimum atomic E-state index is -0.659. The Hall–Kier alpha value is -3.21. The van der Waals surface area contributed by atoms with Crippen LogP contribution in [-0.4, -0.2) is 21.3 Å². The van der Waals surface area contributed by atoms with Gasteiger partial charge in [0.05, 0.1) is 0 Å². The van der Waals surface area contributed by atoms with Gasteiger partial charge in [-0.2, -0.15) is 0 Å². The number of ether oxygens (including phenoxy) is 1. The number of carbonyl (C=O) groups is 1. The summed E-state index contributed by atoms with van der Waals surface area (Å²) in [5.41, 5.74) is 1.17. The number of benzene rings is 2. The van der Waals surface area contributed by atoms with Crippen LogP contribution in [0, 0.1) is 0 Å². The van der Waals surface area contributed by atoms with Crippen LogP contribution in [-0.2, 0) is 9.53 Å². The maximum Gasteiger partial charge on any atom is 0.348 e. The van der Waals surface area contributed by atoms with Crippen molar-refractivity contribution in [3.63, 3.8) is 0 Å². The molecule has 5 nitrogen and oxygen atoms in total. The summed E-state index contributed by atoms with van der Waals surface area (Å²) in [4.78, 5) is 11.9. The molecule has 5 heteroatoms. The van der Waals surface area contributed by atoms with E-state index in [1.54, 1.807) is 12.1 Å². The zero-order valence-corrected chi connectivity index (χ0v) is 11.4. The molecule has 0 unspecified atom stereocenters. The van der Waals surface area contributed by atoms with Crippen LogP contribution in [0.2, 0.25) is 0 Å². The second-order valence-electron chi connectivity index (χ2n) is 4.76. The monoisotopic (exact) mass is 296 g/mol. The van der Waals surface area contributed by atoms with Crippen LogP contribution in [0.25, 0.3) is 11.6 Å². The average molecular weight is 296 g/mol. The fourth-order valence-electron chi connectivity index (χ4n) is 2.12. The molecule has 1 heterocycles. The molecular formula is C17H12O5. The molecule has 0 radical (unpaired) electrons. The largest absolute Gasteiger partial charge is 0.508 e. The summed E-state index contributed by atoms with van der Waals surface area (Å²) in [7, 11) is 0. The first-order chi connectivity index (χ1) is 10.5. The Bertz CT molecular complexity index is 783. The fraction of sp³-hybridized carbons (Fsp3) is 0. The molecule has 0 amide bonds. The number of rotatable bonds is 2. The lowest BCUT2D eigenvalue weighted by Crippen LogP contribution is -1.98. The highest BCUT2D eigenvalue weighted by Gasteiger charge is 2.31. The summed E-state index contributed by atoms with van der Waals surface area (Å²) in [6.07, 6.45) is 1.50. The van der Waals surface area contributed by atoms with E-state index in [-0.39, 0.29) is 28.6 Å². The topological polar surface area (TPSA) is 87.0 Å². The summed E-state index contributed by atoms with van der Waals surface area (Å²) in [5, 5.41) is 28.7. The van der Waals surface area contributed by atoms with Crippen molar-refractivity contribution in [1.29, 1.82) is 0 Å². The molecule has 1 aliphatic heterocycles. The molecule has 0 saturated heterocycles. The molecule has 0 saturated carbocycles. The number of phenolic OH excluding ortho intramolecular Hbond substituents is 2. The van der Waals surface area contributed by atoms with Gasteiger partial charge < -0.3 is 20.1 Å². The van der Waals surface area contributed by atoms with Crippen molar-refractivity contribution in [3.05, 3.63) is 71.2 Å². The molecule has 2 aromatic rings. The molecule has 3 N–H and O–H groups in total. The molecule has 110 valence electrons. The molecular weight excluding hydrogens is 284 g/mol. The van der Waals surface area contributed by atoms with Crippen molar-refractivity contribution in [1.82, 2.24) is 0 Å². The molecule has 0 bridgehead atoms. The lowest BCUT2D eigenvalue weighted by molar-refractivity contribution is -0.131. The van der Waals surface area contributed by atoms with Gasteiger partial charge in [0.15, 0.2) is 11.5 Å². The molecule has 22 heavy (non-hydrogen) atoms. The van der Waals surface area contributed by atoms with Gasteiger partial charge >= 0.3 is 5.97 Å². The van der Waals surface area contributed by atoms with Gasteiger partial charge in [0, 0.05) is 0 Å². The normalized spacial score (nSPS) is 16.2. The van der Waals surface area contributed by atoms with Crippen LogP contribution < -0.4 is 0 Å². The highest BCUT2D eigenvalue weighted by atomic mass is 16.6.